The summed E-state index contributed by atoms with van der Waals surface area (Å²) in [5.41, 5.74) is 4.32. The van der Waals surface area contributed by atoms with Gasteiger partial charge in [0.15, 0.2) is 0 Å². The number of nitrogens with zero attached hydrogens (tertiary/aromatic N) is 1. The molecule has 184 valence electrons. The van der Waals surface area contributed by atoms with E-state index in [2.05, 4.69) is 23.5 Å². The molecular formula is C27H41FN2O2S. The fourth-order valence-corrected chi connectivity index (χ4v) is 5.16. The van der Waals surface area contributed by atoms with E-state index in [1.54, 1.807) is 12.1 Å². The van der Waals surface area contributed by atoms with E-state index in [1.165, 1.54) is 37.1 Å². The summed E-state index contributed by atoms with van der Waals surface area (Å²) >= 11 is 0. The van der Waals surface area contributed by atoms with Crippen LogP contribution in [0, 0.1) is 18.7 Å². The Bertz CT molecular complexity index is 937. The Hall–Kier alpha value is -1.92. The van der Waals surface area contributed by atoms with Gasteiger partial charge in [0, 0.05) is 12.2 Å². The average Bonchev–Trinajstić information content (AvgIpc) is 2.77. The van der Waals surface area contributed by atoms with E-state index in [9.17, 15) is 12.8 Å². The maximum absolute atomic E-state index is 12.7. The van der Waals surface area contributed by atoms with Crippen molar-refractivity contribution in [2.45, 2.75) is 66.2 Å². The lowest BCUT2D eigenvalue weighted by Gasteiger charge is -2.30. The van der Waals surface area contributed by atoms with Gasteiger partial charge in [-0.2, -0.15) is 0 Å². The molecule has 1 N–H and O–H groups in total. The number of hydrogen-bond donors (Lipinski definition) is 1. The minimum absolute atomic E-state index is 0.143. The van der Waals surface area contributed by atoms with Crippen molar-refractivity contribution in [1.82, 2.24) is 4.90 Å². The van der Waals surface area contributed by atoms with Crippen LogP contribution in [0.3, 0.4) is 0 Å². The van der Waals surface area contributed by atoms with Crippen molar-refractivity contribution in [3.8, 4) is 0 Å². The highest BCUT2D eigenvalue weighted by molar-refractivity contribution is 7.92. The number of aryl methyl sites for hydroxylation is 2. The van der Waals surface area contributed by atoms with Crippen molar-refractivity contribution in [1.29, 1.82) is 0 Å². The molecule has 0 saturated carbocycles. The molecule has 0 spiro atoms. The molecule has 0 amide bonds. The molecule has 0 unspecified atom stereocenters. The van der Waals surface area contributed by atoms with Crippen LogP contribution >= 0.6 is 0 Å². The van der Waals surface area contributed by atoms with Crippen LogP contribution in [0.15, 0.2) is 42.5 Å². The molecule has 33 heavy (non-hydrogen) atoms. The molecular weight excluding hydrogens is 435 g/mol. The molecule has 3 rings (SSSR count). The summed E-state index contributed by atoms with van der Waals surface area (Å²) < 4.78 is 38.5. The van der Waals surface area contributed by atoms with E-state index >= 15 is 0 Å². The number of benzene rings is 2. The van der Waals surface area contributed by atoms with Gasteiger partial charge in [0.25, 0.3) is 0 Å². The number of nitrogens with one attached hydrogen (secondary N) is 1. The van der Waals surface area contributed by atoms with E-state index in [4.69, 9.17) is 0 Å². The van der Waals surface area contributed by atoms with Crippen LogP contribution in [0.4, 0.5) is 10.1 Å². The van der Waals surface area contributed by atoms with Gasteiger partial charge in [-0.3, -0.25) is 4.72 Å². The highest BCUT2D eigenvalue weighted by Gasteiger charge is 2.15. The number of hydrogen-bond acceptors (Lipinski definition) is 3. The zero-order chi connectivity index (χ0) is 24.3. The van der Waals surface area contributed by atoms with Crippen LogP contribution in [0.5, 0.6) is 0 Å². The van der Waals surface area contributed by atoms with Crippen molar-refractivity contribution in [3.63, 3.8) is 0 Å². The normalized spacial score (nSPS) is 15.1. The standard InChI is InChI=1S/C14H20FN.C13H21NO2S/c1-12-6-9-16(10-7-12)11-8-13-2-4-14(15)5-3-13;1-4-6-12-7-8-13(10-11(12)3)14-17(15,16)9-5-2/h2-5,12H,6-11H2,1H3;7-8,10,14H,4-6,9H2,1-3H3. The molecule has 6 heteroatoms. The van der Waals surface area contributed by atoms with Gasteiger partial charge in [-0.05, 0) is 99.0 Å². The molecule has 0 aromatic heterocycles. The van der Waals surface area contributed by atoms with Crippen molar-refractivity contribution in [3.05, 3.63) is 65.0 Å². The second kappa shape index (κ2) is 13.7. The third kappa shape index (κ3) is 10.3. The lowest BCUT2D eigenvalue weighted by molar-refractivity contribution is 0.194. The van der Waals surface area contributed by atoms with Gasteiger partial charge in [0.05, 0.1) is 5.75 Å². The van der Waals surface area contributed by atoms with Crippen LogP contribution in [-0.2, 0) is 22.9 Å². The predicted molar refractivity (Wildman–Crippen MR) is 138 cm³/mol. The summed E-state index contributed by atoms with van der Waals surface area (Å²) in [5, 5.41) is 0. The second-order valence-electron chi connectivity index (χ2n) is 9.21. The number of halogens is 1. The van der Waals surface area contributed by atoms with Crippen LogP contribution in [0.25, 0.3) is 0 Å². The maximum Gasteiger partial charge on any atom is 0.232 e. The fraction of sp³-hybridized carbons (Fsp3) is 0.556. The molecule has 2 aromatic carbocycles. The molecule has 0 aliphatic carbocycles. The van der Waals surface area contributed by atoms with E-state index in [0.717, 1.165) is 37.3 Å². The van der Waals surface area contributed by atoms with Crippen molar-refractivity contribution < 1.29 is 12.8 Å². The number of likely N-dealkylation sites (tertiary alicyclic amines) is 1. The van der Waals surface area contributed by atoms with Gasteiger partial charge >= 0.3 is 0 Å². The van der Waals surface area contributed by atoms with Crippen LogP contribution < -0.4 is 4.72 Å². The van der Waals surface area contributed by atoms with E-state index in [1.807, 2.05) is 44.2 Å². The average molecular weight is 477 g/mol. The SMILES string of the molecule is CC1CCN(CCc2ccc(F)cc2)CC1.CCCc1ccc(NS(=O)(=O)CCC)cc1C. The first kappa shape index (κ1) is 27.3. The third-order valence-corrected chi connectivity index (χ3v) is 7.61. The molecule has 0 bridgehead atoms. The molecule has 4 nitrogen and oxygen atoms in total. The smallest absolute Gasteiger partial charge is 0.232 e. The maximum atomic E-state index is 12.7. The minimum Gasteiger partial charge on any atom is -0.303 e. The fourth-order valence-electron chi connectivity index (χ4n) is 4.03. The van der Waals surface area contributed by atoms with Crippen molar-refractivity contribution in [2.75, 3.05) is 30.1 Å². The first-order valence-corrected chi connectivity index (χ1v) is 13.9. The first-order chi connectivity index (χ1) is 15.7. The Morgan fingerprint density at radius 2 is 1.67 bits per heavy atom. The second-order valence-corrected chi connectivity index (χ2v) is 11.1. The third-order valence-electron chi connectivity index (χ3n) is 6.11. The molecule has 1 aliphatic heterocycles. The lowest BCUT2D eigenvalue weighted by atomic mass is 9.99. The monoisotopic (exact) mass is 476 g/mol. The van der Waals surface area contributed by atoms with Crippen molar-refractivity contribution >= 4 is 15.7 Å². The molecule has 1 saturated heterocycles. The van der Waals surface area contributed by atoms with Crippen molar-refractivity contribution in [2.24, 2.45) is 5.92 Å². The Morgan fingerprint density at radius 3 is 2.24 bits per heavy atom. The van der Waals surface area contributed by atoms with E-state index in [0.29, 0.717) is 12.1 Å². The van der Waals surface area contributed by atoms with Crippen LogP contribution in [-0.4, -0.2) is 38.7 Å². The number of piperidine rings is 1. The van der Waals surface area contributed by atoms with Gasteiger partial charge in [-0.25, -0.2) is 12.8 Å². The Balaban J connectivity index is 0.000000234. The summed E-state index contributed by atoms with van der Waals surface area (Å²) in [4.78, 5) is 2.52. The number of rotatable bonds is 9. The topological polar surface area (TPSA) is 49.4 Å². The largest absolute Gasteiger partial charge is 0.303 e. The molecule has 1 aliphatic rings. The summed E-state index contributed by atoms with van der Waals surface area (Å²) in [6, 6.07) is 12.6. The summed E-state index contributed by atoms with van der Waals surface area (Å²) in [6.45, 7) is 11.9. The molecule has 1 heterocycles. The lowest BCUT2D eigenvalue weighted by Crippen LogP contribution is -2.34. The highest BCUT2D eigenvalue weighted by Crippen LogP contribution is 2.18. The summed E-state index contributed by atoms with van der Waals surface area (Å²) in [6.07, 6.45) is 6.44. The Labute approximate surface area is 200 Å². The van der Waals surface area contributed by atoms with Gasteiger partial charge in [-0.15, -0.1) is 0 Å². The molecule has 1 fully saturated rings. The zero-order valence-corrected chi connectivity index (χ0v) is 21.6. The summed E-state index contributed by atoms with van der Waals surface area (Å²) in [5.74, 6) is 0.917. The minimum atomic E-state index is -3.18. The molecule has 0 radical (unpaired) electrons. The van der Waals surface area contributed by atoms with Gasteiger partial charge in [0.2, 0.25) is 10.0 Å². The quantitative estimate of drug-likeness (QED) is 0.469. The Kier molecular flexibility index (Phi) is 11.3. The summed E-state index contributed by atoms with van der Waals surface area (Å²) in [7, 11) is -3.18. The van der Waals surface area contributed by atoms with Gasteiger partial charge in [0.1, 0.15) is 5.82 Å². The zero-order valence-electron chi connectivity index (χ0n) is 20.7. The number of anilines is 1. The van der Waals surface area contributed by atoms with Crippen LogP contribution in [0.2, 0.25) is 0 Å². The predicted octanol–water partition coefficient (Wildman–Crippen LogP) is 6.20. The van der Waals surface area contributed by atoms with E-state index < -0.39 is 10.0 Å². The Morgan fingerprint density at radius 1 is 1.00 bits per heavy atom. The molecule has 2 aromatic rings. The molecule has 0 atom stereocenters. The first-order valence-electron chi connectivity index (χ1n) is 12.3. The van der Waals surface area contributed by atoms with Gasteiger partial charge < -0.3 is 4.90 Å². The van der Waals surface area contributed by atoms with E-state index in [-0.39, 0.29) is 11.6 Å². The van der Waals surface area contributed by atoms with Gasteiger partial charge in [-0.1, -0.05) is 45.4 Å². The highest BCUT2D eigenvalue weighted by atomic mass is 32.2. The van der Waals surface area contributed by atoms with Crippen LogP contribution in [0.1, 0.15) is 63.1 Å². The number of sulfonamides is 1.